The third-order valence-electron chi connectivity index (χ3n) is 6.81. The summed E-state index contributed by atoms with van der Waals surface area (Å²) in [6.07, 6.45) is -3.09. The van der Waals surface area contributed by atoms with Gasteiger partial charge in [0.25, 0.3) is 11.5 Å². The van der Waals surface area contributed by atoms with Crippen LogP contribution in [0.1, 0.15) is 49.3 Å². The maximum absolute atomic E-state index is 14.8. The van der Waals surface area contributed by atoms with E-state index in [4.69, 9.17) is 21.1 Å². The SMILES string of the molecule is CC[C@@H](C(=O)Nc1ccc(C(=O)NCC(=O)OC(C)C)c(F)c1)n1cc(OC)c(-c2cc(Cl)ccc2-n2cc(C(F)(F)F)nn2)cc1=O. The van der Waals surface area contributed by atoms with Gasteiger partial charge in [0, 0.05) is 27.9 Å². The van der Waals surface area contributed by atoms with E-state index in [0.717, 1.165) is 27.4 Å². The molecule has 2 heterocycles. The summed E-state index contributed by atoms with van der Waals surface area (Å²) in [4.78, 5) is 50.8. The van der Waals surface area contributed by atoms with Gasteiger partial charge < -0.3 is 20.1 Å². The lowest BCUT2D eigenvalue weighted by molar-refractivity contribution is -0.146. The fourth-order valence-electron chi connectivity index (χ4n) is 4.64. The van der Waals surface area contributed by atoms with Crippen molar-refractivity contribution in [3.8, 4) is 22.6 Å². The Balaban J connectivity index is 1.60. The second-order valence-electron chi connectivity index (χ2n) is 10.5. The predicted molar refractivity (Wildman–Crippen MR) is 166 cm³/mol. The molecule has 0 aliphatic rings. The summed E-state index contributed by atoms with van der Waals surface area (Å²) < 4.78 is 66.8. The highest BCUT2D eigenvalue weighted by Gasteiger charge is 2.35. The molecule has 17 heteroatoms. The first kappa shape index (κ1) is 35.6. The van der Waals surface area contributed by atoms with Crippen LogP contribution in [-0.4, -0.2) is 57.1 Å². The van der Waals surface area contributed by atoms with Crippen LogP contribution in [0.25, 0.3) is 16.8 Å². The van der Waals surface area contributed by atoms with Gasteiger partial charge in [-0.25, -0.2) is 9.07 Å². The highest BCUT2D eigenvalue weighted by Crippen LogP contribution is 2.36. The Hall–Kier alpha value is -5.25. The number of methoxy groups -OCH3 is 1. The Morgan fingerprint density at radius 1 is 1.04 bits per heavy atom. The molecular formula is C31H29ClF4N6O6. The lowest BCUT2D eigenvalue weighted by atomic mass is 10.0. The highest BCUT2D eigenvalue weighted by molar-refractivity contribution is 6.31. The highest BCUT2D eigenvalue weighted by atomic mass is 35.5. The summed E-state index contributed by atoms with van der Waals surface area (Å²) >= 11 is 6.20. The van der Waals surface area contributed by atoms with E-state index >= 15 is 0 Å². The molecule has 254 valence electrons. The minimum Gasteiger partial charge on any atom is -0.495 e. The quantitative estimate of drug-likeness (QED) is 0.161. The molecule has 12 nitrogen and oxygen atoms in total. The van der Waals surface area contributed by atoms with Crippen LogP contribution in [0.2, 0.25) is 5.02 Å². The minimum absolute atomic E-state index is 0.0158. The Morgan fingerprint density at radius 3 is 2.38 bits per heavy atom. The summed E-state index contributed by atoms with van der Waals surface area (Å²) in [5.41, 5.74) is -1.86. The molecular weight excluding hydrogens is 664 g/mol. The molecule has 0 spiro atoms. The van der Waals surface area contributed by atoms with Crippen LogP contribution in [0, 0.1) is 5.82 Å². The van der Waals surface area contributed by atoms with E-state index in [9.17, 15) is 36.7 Å². The summed E-state index contributed by atoms with van der Waals surface area (Å²) in [5.74, 6) is -3.18. The number of esters is 1. The zero-order valence-corrected chi connectivity index (χ0v) is 26.6. The fourth-order valence-corrected chi connectivity index (χ4v) is 4.82. The van der Waals surface area contributed by atoms with Gasteiger partial charge >= 0.3 is 12.1 Å². The van der Waals surface area contributed by atoms with Gasteiger partial charge in [-0.2, -0.15) is 13.2 Å². The number of carbonyl (C=O) groups excluding carboxylic acids is 3. The molecule has 4 aromatic rings. The van der Waals surface area contributed by atoms with Crippen molar-refractivity contribution in [2.75, 3.05) is 19.0 Å². The number of pyridine rings is 1. The number of alkyl halides is 3. The second-order valence-corrected chi connectivity index (χ2v) is 11.0. The standard InChI is InChI=1S/C31H29ClF4N6O6/c1-5-23(30(46)38-18-7-8-19(22(33)11-18)29(45)37-13-28(44)48-16(2)3)41-14-25(47-4)21(12-27(41)43)20-10-17(32)6-9-24(20)42-15-26(39-40-42)31(34,35)36/h6-12,14-16,23H,5,13H2,1-4H3,(H,37,45)(H,38,46)/t23-/m0/s1. The van der Waals surface area contributed by atoms with Crippen LogP contribution in [0.3, 0.4) is 0 Å². The van der Waals surface area contributed by atoms with Crippen molar-refractivity contribution >= 4 is 35.1 Å². The maximum atomic E-state index is 14.8. The third-order valence-corrected chi connectivity index (χ3v) is 7.05. The zero-order valence-electron chi connectivity index (χ0n) is 25.9. The zero-order chi connectivity index (χ0) is 35.3. The van der Waals surface area contributed by atoms with Crippen LogP contribution >= 0.6 is 11.6 Å². The van der Waals surface area contributed by atoms with E-state index in [0.29, 0.717) is 6.20 Å². The van der Waals surface area contributed by atoms with E-state index in [1.807, 2.05) is 0 Å². The van der Waals surface area contributed by atoms with Gasteiger partial charge in [0.15, 0.2) is 5.69 Å². The van der Waals surface area contributed by atoms with Crippen molar-refractivity contribution in [1.29, 1.82) is 0 Å². The number of nitrogens with zero attached hydrogens (tertiary/aromatic N) is 4. The van der Waals surface area contributed by atoms with E-state index < -0.39 is 59.7 Å². The first-order valence-corrected chi connectivity index (χ1v) is 14.7. The average Bonchev–Trinajstić information content (AvgIpc) is 3.52. The van der Waals surface area contributed by atoms with Crippen molar-refractivity contribution in [2.24, 2.45) is 0 Å². The van der Waals surface area contributed by atoms with Gasteiger partial charge in [-0.05, 0) is 56.7 Å². The van der Waals surface area contributed by atoms with Crippen molar-refractivity contribution < 1.29 is 41.4 Å². The Kier molecular flexibility index (Phi) is 10.9. The van der Waals surface area contributed by atoms with Crippen molar-refractivity contribution in [2.45, 2.75) is 45.5 Å². The summed E-state index contributed by atoms with van der Waals surface area (Å²) in [6.45, 7) is 4.43. The molecule has 0 aliphatic carbocycles. The maximum Gasteiger partial charge on any atom is 0.436 e. The van der Waals surface area contributed by atoms with Crippen LogP contribution in [0.5, 0.6) is 5.75 Å². The molecule has 0 fully saturated rings. The van der Waals surface area contributed by atoms with E-state index in [1.165, 1.54) is 37.6 Å². The van der Waals surface area contributed by atoms with Gasteiger partial charge in [-0.1, -0.05) is 23.7 Å². The Labute approximate surface area is 275 Å². The second kappa shape index (κ2) is 14.7. The number of ether oxygens (including phenoxy) is 2. The number of halogens is 5. The molecule has 2 amide bonds. The number of nitrogens with one attached hydrogen (secondary N) is 2. The number of amides is 2. The topological polar surface area (TPSA) is 146 Å². The first-order chi connectivity index (χ1) is 22.6. The molecule has 1 atom stereocenters. The molecule has 0 radical (unpaired) electrons. The monoisotopic (exact) mass is 692 g/mol. The lowest BCUT2D eigenvalue weighted by Crippen LogP contribution is -2.33. The first-order valence-electron chi connectivity index (χ1n) is 14.3. The van der Waals surface area contributed by atoms with Crippen LogP contribution in [-0.2, 0) is 20.5 Å². The summed E-state index contributed by atoms with van der Waals surface area (Å²) in [6, 6.07) is 7.55. The molecule has 48 heavy (non-hydrogen) atoms. The number of hydrogen-bond donors (Lipinski definition) is 2. The Bertz CT molecular complexity index is 1910. The van der Waals surface area contributed by atoms with Gasteiger partial charge in [0.2, 0.25) is 5.91 Å². The number of anilines is 1. The lowest BCUT2D eigenvalue weighted by Gasteiger charge is -2.21. The largest absolute Gasteiger partial charge is 0.495 e. The van der Waals surface area contributed by atoms with Crippen LogP contribution < -0.4 is 20.9 Å². The van der Waals surface area contributed by atoms with Crippen molar-refractivity contribution in [3.63, 3.8) is 0 Å². The third kappa shape index (κ3) is 8.17. The fraction of sp³-hybridized carbons (Fsp3) is 0.290. The molecule has 0 saturated carbocycles. The van der Waals surface area contributed by atoms with E-state index in [1.54, 1.807) is 20.8 Å². The molecule has 2 N–H and O–H groups in total. The number of aromatic nitrogens is 4. The van der Waals surface area contributed by atoms with E-state index in [2.05, 4.69) is 20.9 Å². The molecule has 0 saturated heterocycles. The normalized spacial score (nSPS) is 12.0. The number of hydrogen-bond acceptors (Lipinski definition) is 8. The van der Waals surface area contributed by atoms with Crippen molar-refractivity contribution in [3.05, 3.63) is 87.3 Å². The smallest absolute Gasteiger partial charge is 0.436 e. The molecule has 0 bridgehead atoms. The van der Waals surface area contributed by atoms with Crippen molar-refractivity contribution in [1.82, 2.24) is 24.9 Å². The van der Waals surface area contributed by atoms with Gasteiger partial charge in [0.05, 0.1) is 36.9 Å². The van der Waals surface area contributed by atoms with Crippen LogP contribution in [0.15, 0.2) is 59.7 Å². The predicted octanol–water partition coefficient (Wildman–Crippen LogP) is 5.19. The Morgan fingerprint density at radius 2 is 1.77 bits per heavy atom. The van der Waals surface area contributed by atoms with Crippen LogP contribution in [0.4, 0.5) is 23.2 Å². The minimum atomic E-state index is -4.74. The molecule has 0 aliphatic heterocycles. The molecule has 0 unspecified atom stereocenters. The summed E-state index contributed by atoms with van der Waals surface area (Å²) in [7, 11) is 1.30. The average molecular weight is 693 g/mol. The van der Waals surface area contributed by atoms with Gasteiger partial charge in [-0.15, -0.1) is 5.10 Å². The summed E-state index contributed by atoms with van der Waals surface area (Å²) in [5, 5.41) is 11.7. The molecule has 4 rings (SSSR count). The number of benzene rings is 2. The van der Waals surface area contributed by atoms with E-state index in [-0.39, 0.29) is 45.3 Å². The van der Waals surface area contributed by atoms with Gasteiger partial charge in [0.1, 0.15) is 24.2 Å². The number of rotatable bonds is 11. The number of carbonyl (C=O) groups is 3. The molecule has 2 aromatic heterocycles. The van der Waals surface area contributed by atoms with Gasteiger partial charge in [-0.3, -0.25) is 23.7 Å². The molecule has 2 aromatic carbocycles.